The fourth-order valence-electron chi connectivity index (χ4n) is 5.61. The van der Waals surface area contributed by atoms with Crippen LogP contribution in [0.4, 0.5) is 17.1 Å². The number of nitrogens with zero attached hydrogens (tertiary/aromatic N) is 3. The summed E-state index contributed by atoms with van der Waals surface area (Å²) >= 11 is 0. The molecular weight excluding hydrogens is 540 g/mol. The molecule has 3 N–H and O–H groups in total. The average molecular weight is 575 g/mol. The zero-order chi connectivity index (χ0) is 29.9. The molecule has 1 aromatic heterocycles. The molecular formula is C34H34N6O3. The summed E-state index contributed by atoms with van der Waals surface area (Å²) in [4.78, 5) is 41.5. The highest BCUT2D eigenvalue weighted by Crippen LogP contribution is 2.33. The van der Waals surface area contributed by atoms with Crippen LogP contribution in [-0.2, 0) is 17.9 Å². The first-order valence-corrected chi connectivity index (χ1v) is 14.6. The lowest BCUT2D eigenvalue weighted by molar-refractivity contribution is -0.110. The van der Waals surface area contributed by atoms with Gasteiger partial charge in [-0.05, 0) is 81.7 Å². The number of carbonyl (C=O) groups is 3. The summed E-state index contributed by atoms with van der Waals surface area (Å²) in [6, 6.07) is 22.0. The van der Waals surface area contributed by atoms with Crippen molar-refractivity contribution >= 4 is 40.2 Å². The maximum Gasteiger partial charge on any atom is 0.273 e. The van der Waals surface area contributed by atoms with Crippen LogP contribution in [0.1, 0.15) is 63.0 Å². The van der Waals surface area contributed by atoms with E-state index in [-0.39, 0.29) is 17.6 Å². The Morgan fingerprint density at radius 2 is 1.72 bits per heavy atom. The second kappa shape index (κ2) is 12.1. The minimum absolute atomic E-state index is 0.216. The van der Waals surface area contributed by atoms with Crippen LogP contribution in [0.5, 0.6) is 0 Å². The lowest BCUT2D eigenvalue weighted by Gasteiger charge is -2.14. The first kappa shape index (κ1) is 28.1. The molecule has 0 spiro atoms. The molecule has 2 aliphatic rings. The number of nitrogens with one attached hydrogen (secondary N) is 3. The maximum absolute atomic E-state index is 13.4. The first-order chi connectivity index (χ1) is 20.9. The van der Waals surface area contributed by atoms with E-state index in [1.165, 1.54) is 18.4 Å². The van der Waals surface area contributed by atoms with Crippen LogP contribution in [0.2, 0.25) is 0 Å². The van der Waals surface area contributed by atoms with E-state index in [1.807, 2.05) is 26.0 Å². The molecule has 6 rings (SSSR count). The van der Waals surface area contributed by atoms with E-state index in [0.717, 1.165) is 36.6 Å². The molecule has 3 heterocycles. The van der Waals surface area contributed by atoms with Gasteiger partial charge in [-0.3, -0.25) is 24.0 Å². The number of likely N-dealkylation sites (tertiary alicyclic amines) is 1. The van der Waals surface area contributed by atoms with Gasteiger partial charge in [0.05, 0.1) is 11.3 Å². The lowest BCUT2D eigenvalue weighted by Crippen LogP contribution is -2.18. The molecule has 1 saturated heterocycles. The van der Waals surface area contributed by atoms with Crippen molar-refractivity contribution in [3.8, 4) is 0 Å². The number of carbonyl (C=O) groups excluding carboxylic acids is 3. The summed E-state index contributed by atoms with van der Waals surface area (Å²) in [5, 5.41) is 13.3. The number of rotatable bonds is 9. The van der Waals surface area contributed by atoms with Gasteiger partial charge < -0.3 is 16.0 Å². The molecule has 218 valence electrons. The Hall–Kier alpha value is -5.02. The monoisotopic (exact) mass is 574 g/mol. The standard InChI is InChI=1S/C34H34N6O3/c1-3-40-31(17-22(2)38-40)34(43)36-27-8-6-7-24(18-27)32(41)25-11-14-28-29(33(42)37-30(28)19-25)20-35-26-12-9-23(10-13-26)21-39-15-4-5-16-39/h6-14,17-20,35H,3-5,15-16,21H2,1-2H3,(H,36,43)(H,37,42)/b29-20-. The highest BCUT2D eigenvalue weighted by molar-refractivity contribution is 6.32. The van der Waals surface area contributed by atoms with Crippen molar-refractivity contribution in [2.45, 2.75) is 39.8 Å². The SMILES string of the molecule is CCn1nc(C)cc1C(=O)Nc1cccc(C(=O)c2ccc3c(c2)NC(=O)/C3=C\Nc2ccc(CN3CCCC3)cc2)c1. The summed E-state index contributed by atoms with van der Waals surface area (Å²) in [7, 11) is 0. The van der Waals surface area contributed by atoms with Crippen molar-refractivity contribution in [2.75, 3.05) is 29.0 Å². The minimum Gasteiger partial charge on any atom is -0.361 e. The Kier molecular flexibility index (Phi) is 7.89. The molecule has 2 amide bonds. The van der Waals surface area contributed by atoms with Gasteiger partial charge in [0.25, 0.3) is 11.8 Å². The normalized spacial score (nSPS) is 15.4. The number of amides is 2. The van der Waals surface area contributed by atoms with Crippen LogP contribution in [0.25, 0.3) is 5.57 Å². The number of anilines is 3. The molecule has 0 saturated carbocycles. The molecule has 9 heteroatoms. The highest BCUT2D eigenvalue weighted by Gasteiger charge is 2.25. The van der Waals surface area contributed by atoms with Gasteiger partial charge in [-0.25, -0.2) is 0 Å². The van der Waals surface area contributed by atoms with E-state index < -0.39 is 0 Å². The van der Waals surface area contributed by atoms with Crippen LogP contribution < -0.4 is 16.0 Å². The Morgan fingerprint density at radius 3 is 2.49 bits per heavy atom. The average Bonchev–Trinajstić information content (AvgIpc) is 3.74. The summed E-state index contributed by atoms with van der Waals surface area (Å²) in [5.41, 5.74) is 6.56. The third-order valence-electron chi connectivity index (χ3n) is 7.82. The van der Waals surface area contributed by atoms with Gasteiger partial charge in [0, 0.05) is 53.0 Å². The second-order valence-electron chi connectivity index (χ2n) is 10.9. The maximum atomic E-state index is 13.4. The van der Waals surface area contributed by atoms with Crippen molar-refractivity contribution in [3.05, 3.63) is 113 Å². The van der Waals surface area contributed by atoms with Gasteiger partial charge in [0.15, 0.2) is 5.78 Å². The van der Waals surface area contributed by atoms with Gasteiger partial charge in [-0.2, -0.15) is 5.10 Å². The third-order valence-corrected chi connectivity index (χ3v) is 7.82. The number of aryl methyl sites for hydroxylation is 2. The molecule has 0 bridgehead atoms. The molecule has 9 nitrogen and oxygen atoms in total. The predicted molar refractivity (Wildman–Crippen MR) is 168 cm³/mol. The van der Waals surface area contributed by atoms with Crippen molar-refractivity contribution in [1.29, 1.82) is 0 Å². The number of ketones is 1. The summed E-state index contributed by atoms with van der Waals surface area (Å²) < 4.78 is 1.64. The fourth-order valence-corrected chi connectivity index (χ4v) is 5.61. The van der Waals surface area contributed by atoms with Gasteiger partial charge in [0.2, 0.25) is 0 Å². The van der Waals surface area contributed by atoms with E-state index in [2.05, 4.69) is 38.1 Å². The molecule has 43 heavy (non-hydrogen) atoms. The van der Waals surface area contributed by atoms with Crippen molar-refractivity contribution in [3.63, 3.8) is 0 Å². The van der Waals surface area contributed by atoms with Crippen molar-refractivity contribution in [1.82, 2.24) is 14.7 Å². The van der Waals surface area contributed by atoms with E-state index >= 15 is 0 Å². The van der Waals surface area contributed by atoms with Crippen LogP contribution in [0, 0.1) is 6.92 Å². The molecule has 2 aliphatic heterocycles. The van der Waals surface area contributed by atoms with E-state index in [1.54, 1.807) is 59.4 Å². The largest absolute Gasteiger partial charge is 0.361 e. The Balaban J connectivity index is 1.14. The summed E-state index contributed by atoms with van der Waals surface area (Å²) in [5.74, 6) is -0.741. The van der Waals surface area contributed by atoms with Crippen molar-refractivity contribution in [2.24, 2.45) is 0 Å². The second-order valence-corrected chi connectivity index (χ2v) is 10.9. The Labute approximate surface area is 250 Å². The number of hydrogen-bond donors (Lipinski definition) is 3. The number of hydrogen-bond acceptors (Lipinski definition) is 6. The fraction of sp³-hybridized carbons (Fsp3) is 0.235. The van der Waals surface area contributed by atoms with E-state index in [9.17, 15) is 14.4 Å². The predicted octanol–water partition coefficient (Wildman–Crippen LogP) is 5.70. The van der Waals surface area contributed by atoms with Gasteiger partial charge in [-0.15, -0.1) is 0 Å². The van der Waals surface area contributed by atoms with Crippen LogP contribution in [-0.4, -0.2) is 45.4 Å². The molecule has 4 aromatic rings. The Morgan fingerprint density at radius 1 is 0.953 bits per heavy atom. The zero-order valence-electron chi connectivity index (χ0n) is 24.3. The third kappa shape index (κ3) is 6.12. The van der Waals surface area contributed by atoms with Crippen LogP contribution >= 0.6 is 0 Å². The van der Waals surface area contributed by atoms with Crippen LogP contribution in [0.3, 0.4) is 0 Å². The smallest absolute Gasteiger partial charge is 0.273 e. The topological polar surface area (TPSA) is 108 Å². The molecule has 0 aliphatic carbocycles. The molecule has 3 aromatic carbocycles. The number of benzene rings is 3. The van der Waals surface area contributed by atoms with Gasteiger partial charge in [-0.1, -0.05) is 36.4 Å². The number of aromatic nitrogens is 2. The minimum atomic E-state index is -0.293. The van der Waals surface area contributed by atoms with E-state index in [0.29, 0.717) is 40.3 Å². The first-order valence-electron chi connectivity index (χ1n) is 14.6. The Bertz CT molecular complexity index is 1730. The summed E-state index contributed by atoms with van der Waals surface area (Å²) in [6.45, 7) is 7.61. The zero-order valence-corrected chi connectivity index (χ0v) is 24.3. The number of fused-ring (bicyclic) bond motifs is 1. The lowest BCUT2D eigenvalue weighted by atomic mass is 9.99. The highest BCUT2D eigenvalue weighted by atomic mass is 16.2. The molecule has 1 fully saturated rings. The molecule has 0 radical (unpaired) electrons. The van der Waals surface area contributed by atoms with Crippen LogP contribution in [0.15, 0.2) is 79.0 Å². The molecule has 0 unspecified atom stereocenters. The van der Waals surface area contributed by atoms with E-state index in [4.69, 9.17) is 0 Å². The van der Waals surface area contributed by atoms with Gasteiger partial charge >= 0.3 is 0 Å². The summed E-state index contributed by atoms with van der Waals surface area (Å²) in [6.07, 6.45) is 4.25. The molecule has 0 atom stereocenters. The van der Waals surface area contributed by atoms with Crippen molar-refractivity contribution < 1.29 is 14.4 Å². The van der Waals surface area contributed by atoms with Gasteiger partial charge in [0.1, 0.15) is 5.69 Å². The quantitative estimate of drug-likeness (QED) is 0.175.